The molecule has 12 heteroatoms. The van der Waals surface area contributed by atoms with Crippen LogP contribution in [0.2, 0.25) is 0 Å². The minimum absolute atomic E-state index is 0.144. The number of unbranched alkanes of at least 4 members (excludes halogenated alkanes) is 30. The van der Waals surface area contributed by atoms with Crippen molar-refractivity contribution in [2.45, 2.75) is 251 Å². The first-order valence-corrected chi connectivity index (χ1v) is 25.7. The number of carboxylic acid groups (broad SMARTS) is 1. The summed E-state index contributed by atoms with van der Waals surface area (Å²) >= 11 is 0. The van der Waals surface area contributed by atoms with E-state index in [0.717, 1.165) is 51.4 Å². The SMILES string of the molecule is CCCCCCCCC/C=C\CCCCCCCCCC(=O)NC(COP(=O)(O)OCC(O)COC(=O)CCCCCCCCCCCCCCCCCCC)C(=O)O. The number of phosphoric acid groups is 1. The molecule has 0 radical (unpaired) electrons. The fourth-order valence-corrected chi connectivity index (χ4v) is 7.79. The van der Waals surface area contributed by atoms with Crippen LogP contribution >= 0.6 is 7.82 Å². The molecule has 0 aliphatic rings. The number of carbonyl (C=O) groups is 3. The molecule has 0 spiro atoms. The lowest BCUT2D eigenvalue weighted by atomic mass is 10.0. The lowest BCUT2D eigenvalue weighted by Gasteiger charge is -2.18. The van der Waals surface area contributed by atoms with E-state index in [0.29, 0.717) is 12.8 Å². The molecule has 0 saturated carbocycles. The van der Waals surface area contributed by atoms with Gasteiger partial charge in [0.15, 0.2) is 6.04 Å². The van der Waals surface area contributed by atoms with Gasteiger partial charge in [-0.15, -0.1) is 0 Å². The maximum Gasteiger partial charge on any atom is 0.472 e. The van der Waals surface area contributed by atoms with E-state index in [4.69, 9.17) is 13.8 Å². The number of aliphatic carboxylic acids is 1. The normalized spacial score (nSPS) is 13.7. The van der Waals surface area contributed by atoms with Crippen molar-refractivity contribution in [2.24, 2.45) is 0 Å². The summed E-state index contributed by atoms with van der Waals surface area (Å²) < 4.78 is 26.9. The molecular weight excluding hydrogens is 769 g/mol. The van der Waals surface area contributed by atoms with Crippen LogP contribution in [0.25, 0.3) is 0 Å². The second kappa shape index (κ2) is 42.9. The molecular formula is C47H90NO10P. The smallest absolute Gasteiger partial charge is 0.472 e. The number of hydrogen-bond donors (Lipinski definition) is 4. The third-order valence-corrected chi connectivity index (χ3v) is 11.8. The van der Waals surface area contributed by atoms with Gasteiger partial charge in [-0.05, 0) is 38.5 Å². The summed E-state index contributed by atoms with van der Waals surface area (Å²) in [6, 6.07) is -1.54. The van der Waals surface area contributed by atoms with E-state index in [9.17, 15) is 34.1 Å². The summed E-state index contributed by atoms with van der Waals surface area (Å²) in [7, 11) is -4.75. The maximum absolute atomic E-state index is 12.3. The monoisotopic (exact) mass is 860 g/mol. The second-order valence-corrected chi connectivity index (χ2v) is 18.1. The van der Waals surface area contributed by atoms with E-state index in [-0.39, 0.29) is 12.8 Å². The topological polar surface area (TPSA) is 169 Å². The molecule has 3 atom stereocenters. The molecule has 0 aromatic heterocycles. The molecule has 0 heterocycles. The van der Waals surface area contributed by atoms with Gasteiger partial charge in [0.05, 0.1) is 13.2 Å². The molecule has 3 unspecified atom stereocenters. The predicted octanol–water partition coefficient (Wildman–Crippen LogP) is 12.8. The number of ether oxygens (including phenoxy) is 1. The Morgan fingerprint density at radius 1 is 0.525 bits per heavy atom. The second-order valence-electron chi connectivity index (χ2n) is 16.7. The molecule has 0 aromatic carbocycles. The van der Waals surface area contributed by atoms with Crippen LogP contribution in [0.4, 0.5) is 0 Å². The Hall–Kier alpha value is -1.78. The summed E-state index contributed by atoms with van der Waals surface area (Å²) in [5.41, 5.74) is 0. The first kappa shape index (κ1) is 57.2. The van der Waals surface area contributed by atoms with E-state index < -0.39 is 57.6 Å². The quantitative estimate of drug-likeness (QED) is 0.0200. The van der Waals surface area contributed by atoms with E-state index in [1.165, 1.54) is 148 Å². The summed E-state index contributed by atoms with van der Waals surface area (Å²) in [5, 5.41) is 21.9. The van der Waals surface area contributed by atoms with Crippen LogP contribution in [0.5, 0.6) is 0 Å². The van der Waals surface area contributed by atoms with Crippen LogP contribution in [0.1, 0.15) is 239 Å². The van der Waals surface area contributed by atoms with Gasteiger partial charge >= 0.3 is 19.8 Å². The van der Waals surface area contributed by atoms with Crippen LogP contribution in [-0.4, -0.2) is 64.9 Å². The van der Waals surface area contributed by atoms with Crippen molar-refractivity contribution >= 4 is 25.7 Å². The molecule has 0 saturated heterocycles. The number of allylic oxidation sites excluding steroid dienone is 2. The Balaban J connectivity index is 3.84. The number of esters is 1. The van der Waals surface area contributed by atoms with Gasteiger partial charge in [0.1, 0.15) is 12.7 Å². The van der Waals surface area contributed by atoms with Crippen molar-refractivity contribution in [3.05, 3.63) is 12.2 Å². The molecule has 0 aliphatic heterocycles. The predicted molar refractivity (Wildman–Crippen MR) is 240 cm³/mol. The molecule has 0 aliphatic carbocycles. The molecule has 4 N–H and O–H groups in total. The zero-order chi connectivity index (χ0) is 43.5. The molecule has 0 aromatic rings. The van der Waals surface area contributed by atoms with E-state index in [2.05, 4.69) is 31.3 Å². The number of phosphoric ester groups is 1. The zero-order valence-electron chi connectivity index (χ0n) is 37.8. The molecule has 0 rings (SSSR count). The Bertz CT molecular complexity index is 1060. The van der Waals surface area contributed by atoms with Gasteiger partial charge in [-0.1, -0.05) is 199 Å². The minimum atomic E-state index is -4.75. The first-order valence-electron chi connectivity index (χ1n) is 24.2. The third kappa shape index (κ3) is 42.7. The number of carbonyl (C=O) groups excluding carboxylic acids is 2. The highest BCUT2D eigenvalue weighted by molar-refractivity contribution is 7.47. The molecule has 0 fully saturated rings. The number of hydrogen-bond acceptors (Lipinski definition) is 8. The largest absolute Gasteiger partial charge is 0.480 e. The standard InChI is InChI=1S/C47H90NO10P/c1-3-5-7-9-11-13-15-17-19-21-23-24-26-28-30-32-34-36-38-45(50)48-44(47(52)53)42-58-59(54,55)57-41-43(49)40-56-46(51)39-37-35-33-31-29-27-25-22-20-18-16-14-12-10-8-6-4-2/h19,21,43-44,49H,3-18,20,22-42H2,1-2H3,(H,48,50)(H,52,53)(H,54,55)/b21-19-. The van der Waals surface area contributed by atoms with Gasteiger partial charge in [-0.2, -0.15) is 0 Å². The number of aliphatic hydroxyl groups is 1. The van der Waals surface area contributed by atoms with Gasteiger partial charge < -0.3 is 25.2 Å². The van der Waals surface area contributed by atoms with Crippen molar-refractivity contribution in [3.63, 3.8) is 0 Å². The van der Waals surface area contributed by atoms with Gasteiger partial charge in [-0.3, -0.25) is 18.6 Å². The molecule has 11 nitrogen and oxygen atoms in total. The van der Waals surface area contributed by atoms with Crippen LogP contribution < -0.4 is 5.32 Å². The summed E-state index contributed by atoms with van der Waals surface area (Å²) in [6.45, 7) is 2.63. The number of aliphatic hydroxyl groups excluding tert-OH is 1. The van der Waals surface area contributed by atoms with Crippen LogP contribution in [0.3, 0.4) is 0 Å². The van der Waals surface area contributed by atoms with E-state index in [1.54, 1.807) is 0 Å². The van der Waals surface area contributed by atoms with Gasteiger partial charge in [0.25, 0.3) is 0 Å². The summed E-state index contributed by atoms with van der Waals surface area (Å²) in [6.07, 6.45) is 43.7. The number of carboxylic acids is 1. The Labute approximate surface area is 360 Å². The fourth-order valence-electron chi connectivity index (χ4n) is 7.02. The molecule has 348 valence electrons. The Morgan fingerprint density at radius 2 is 0.881 bits per heavy atom. The number of rotatable bonds is 46. The van der Waals surface area contributed by atoms with Crippen LogP contribution in [0, 0.1) is 0 Å². The highest BCUT2D eigenvalue weighted by Crippen LogP contribution is 2.43. The Morgan fingerprint density at radius 3 is 1.29 bits per heavy atom. The maximum atomic E-state index is 12.3. The number of nitrogens with one attached hydrogen (secondary N) is 1. The molecule has 59 heavy (non-hydrogen) atoms. The third-order valence-electron chi connectivity index (χ3n) is 10.8. The zero-order valence-corrected chi connectivity index (χ0v) is 38.7. The average molecular weight is 860 g/mol. The summed E-state index contributed by atoms with van der Waals surface area (Å²) in [5.74, 6) is -2.36. The van der Waals surface area contributed by atoms with Crippen molar-refractivity contribution in [2.75, 3.05) is 19.8 Å². The Kier molecular flexibility index (Phi) is 41.6. The van der Waals surface area contributed by atoms with Gasteiger partial charge in [0.2, 0.25) is 5.91 Å². The molecule has 1 amide bonds. The molecule has 0 bridgehead atoms. The number of amides is 1. The lowest BCUT2D eigenvalue weighted by molar-refractivity contribution is -0.147. The highest BCUT2D eigenvalue weighted by Gasteiger charge is 2.28. The summed E-state index contributed by atoms with van der Waals surface area (Å²) in [4.78, 5) is 46.0. The van der Waals surface area contributed by atoms with Crippen molar-refractivity contribution in [3.8, 4) is 0 Å². The van der Waals surface area contributed by atoms with Gasteiger partial charge in [-0.25, -0.2) is 9.36 Å². The van der Waals surface area contributed by atoms with E-state index >= 15 is 0 Å². The van der Waals surface area contributed by atoms with Crippen molar-refractivity contribution < 1.29 is 47.8 Å². The van der Waals surface area contributed by atoms with Crippen molar-refractivity contribution in [1.29, 1.82) is 0 Å². The average Bonchev–Trinajstić information content (AvgIpc) is 3.21. The van der Waals surface area contributed by atoms with E-state index in [1.807, 2.05) is 0 Å². The van der Waals surface area contributed by atoms with Gasteiger partial charge in [0, 0.05) is 12.8 Å². The van der Waals surface area contributed by atoms with Crippen molar-refractivity contribution in [1.82, 2.24) is 5.32 Å². The minimum Gasteiger partial charge on any atom is -0.480 e. The lowest BCUT2D eigenvalue weighted by Crippen LogP contribution is -2.43. The highest BCUT2D eigenvalue weighted by atomic mass is 31.2. The fraction of sp³-hybridized carbons (Fsp3) is 0.894. The van der Waals surface area contributed by atoms with Crippen LogP contribution in [0.15, 0.2) is 12.2 Å². The first-order chi connectivity index (χ1) is 28.6. The van der Waals surface area contributed by atoms with Crippen LogP contribution in [-0.2, 0) is 32.7 Å².